The van der Waals surface area contributed by atoms with E-state index in [9.17, 15) is 19.2 Å². The van der Waals surface area contributed by atoms with Gasteiger partial charge in [-0.2, -0.15) is 0 Å². The second kappa shape index (κ2) is 11.6. The van der Waals surface area contributed by atoms with Gasteiger partial charge in [-0.05, 0) is 61.6 Å². The third-order valence-corrected chi connectivity index (χ3v) is 8.13. The molecule has 0 spiro atoms. The van der Waals surface area contributed by atoms with E-state index in [0.717, 1.165) is 55.0 Å². The van der Waals surface area contributed by atoms with E-state index < -0.39 is 0 Å². The van der Waals surface area contributed by atoms with E-state index in [1.165, 1.54) is 0 Å². The zero-order valence-corrected chi connectivity index (χ0v) is 22.0. The van der Waals surface area contributed by atoms with Gasteiger partial charge in [-0.25, -0.2) is 0 Å². The zero-order valence-electron chi connectivity index (χ0n) is 22.0. The predicted molar refractivity (Wildman–Crippen MR) is 143 cm³/mol. The number of imide groups is 1. The minimum Gasteiger partial charge on any atom is -0.348 e. The first-order valence-corrected chi connectivity index (χ1v) is 13.6. The first-order valence-electron chi connectivity index (χ1n) is 13.6. The van der Waals surface area contributed by atoms with Crippen molar-refractivity contribution in [3.8, 4) is 0 Å². The molecule has 0 bridgehead atoms. The SMILES string of the molecule is CN1CCN(Cc2cccc(C(=O)NCc3ccc4c(c3)CC(CCC3CCC(=O)NC3=O)C4=O)c2)CC1. The third kappa shape index (κ3) is 6.19. The molecule has 0 aromatic heterocycles. The second-order valence-corrected chi connectivity index (χ2v) is 10.9. The summed E-state index contributed by atoms with van der Waals surface area (Å²) in [6.45, 7) is 5.43. The molecule has 8 nitrogen and oxygen atoms in total. The number of fused-ring (bicyclic) bond motifs is 1. The summed E-state index contributed by atoms with van der Waals surface area (Å²) < 4.78 is 0. The maximum absolute atomic E-state index is 12.9. The van der Waals surface area contributed by atoms with Gasteiger partial charge in [0.2, 0.25) is 11.8 Å². The first kappa shape index (κ1) is 26.3. The van der Waals surface area contributed by atoms with Crippen molar-refractivity contribution in [2.45, 2.75) is 45.2 Å². The molecule has 2 heterocycles. The van der Waals surface area contributed by atoms with E-state index in [1.54, 1.807) is 0 Å². The van der Waals surface area contributed by atoms with Gasteiger partial charge in [-0.1, -0.05) is 30.3 Å². The number of amides is 3. The van der Waals surface area contributed by atoms with E-state index in [2.05, 4.69) is 33.5 Å². The number of nitrogens with zero attached hydrogens (tertiary/aromatic N) is 2. The van der Waals surface area contributed by atoms with Gasteiger partial charge in [0.1, 0.15) is 0 Å². The Morgan fingerprint density at radius 2 is 1.76 bits per heavy atom. The summed E-state index contributed by atoms with van der Waals surface area (Å²) in [6.07, 6.45) is 2.82. The van der Waals surface area contributed by atoms with Gasteiger partial charge in [0.25, 0.3) is 5.91 Å². The molecular formula is C30H36N4O4. The molecule has 2 atom stereocenters. The van der Waals surface area contributed by atoms with Gasteiger partial charge in [0.15, 0.2) is 5.78 Å². The lowest BCUT2D eigenvalue weighted by Gasteiger charge is -2.32. The molecule has 0 saturated carbocycles. The number of ketones is 1. The molecule has 2 unspecified atom stereocenters. The van der Waals surface area contributed by atoms with Crippen LogP contribution in [-0.4, -0.2) is 66.5 Å². The smallest absolute Gasteiger partial charge is 0.251 e. The van der Waals surface area contributed by atoms with Gasteiger partial charge in [0.05, 0.1) is 0 Å². The standard InChI is InChI=1S/C30H36N4O4/c1-33-11-13-34(14-12-33)19-21-3-2-4-24(16-21)29(37)31-18-20-5-9-26-25(15-20)17-23(28(26)36)7-6-22-8-10-27(35)32-30(22)38/h2-5,9,15-16,22-23H,6-8,10-14,17-19H2,1H3,(H,31,37)(H,32,35,38). The number of piperazine rings is 1. The first-order chi connectivity index (χ1) is 18.4. The number of hydrogen-bond acceptors (Lipinski definition) is 6. The summed E-state index contributed by atoms with van der Waals surface area (Å²) in [5.41, 5.74) is 4.50. The van der Waals surface area contributed by atoms with Crippen molar-refractivity contribution in [2.24, 2.45) is 11.8 Å². The molecule has 5 rings (SSSR count). The maximum atomic E-state index is 12.9. The molecule has 2 fully saturated rings. The molecule has 2 saturated heterocycles. The van der Waals surface area contributed by atoms with E-state index >= 15 is 0 Å². The Kier molecular flexibility index (Phi) is 8.00. The highest BCUT2D eigenvalue weighted by molar-refractivity contribution is 6.02. The molecule has 2 aromatic carbocycles. The lowest BCUT2D eigenvalue weighted by Crippen LogP contribution is -2.43. The van der Waals surface area contributed by atoms with E-state index in [0.29, 0.717) is 44.2 Å². The minimum atomic E-state index is -0.216. The Balaban J connectivity index is 1.13. The number of Topliss-reactive ketones (excluding diaryl/α,β-unsaturated/α-hetero) is 1. The number of carbonyl (C=O) groups excluding carboxylic acids is 4. The summed E-state index contributed by atoms with van der Waals surface area (Å²) in [5.74, 6) is -0.747. The summed E-state index contributed by atoms with van der Waals surface area (Å²) in [4.78, 5) is 54.0. The van der Waals surface area contributed by atoms with Crippen LogP contribution in [0.15, 0.2) is 42.5 Å². The van der Waals surface area contributed by atoms with Crippen LogP contribution in [0.5, 0.6) is 0 Å². The Labute approximate surface area is 223 Å². The summed E-state index contributed by atoms with van der Waals surface area (Å²) >= 11 is 0. The summed E-state index contributed by atoms with van der Waals surface area (Å²) in [7, 11) is 2.14. The van der Waals surface area contributed by atoms with Crippen molar-refractivity contribution in [3.63, 3.8) is 0 Å². The number of nitrogens with one attached hydrogen (secondary N) is 2. The predicted octanol–water partition coefficient (Wildman–Crippen LogP) is 2.55. The van der Waals surface area contributed by atoms with Gasteiger partial charge in [-0.3, -0.25) is 29.4 Å². The largest absolute Gasteiger partial charge is 0.348 e. The van der Waals surface area contributed by atoms with Crippen molar-refractivity contribution < 1.29 is 19.2 Å². The number of hydrogen-bond donors (Lipinski definition) is 2. The number of piperidine rings is 1. The topological polar surface area (TPSA) is 98.8 Å². The quantitative estimate of drug-likeness (QED) is 0.524. The molecule has 3 amide bonds. The Morgan fingerprint density at radius 3 is 2.55 bits per heavy atom. The molecule has 2 N–H and O–H groups in total. The van der Waals surface area contributed by atoms with Crippen LogP contribution in [0.25, 0.3) is 0 Å². The van der Waals surface area contributed by atoms with Crippen LogP contribution in [-0.2, 0) is 29.1 Å². The fourth-order valence-corrected chi connectivity index (χ4v) is 5.75. The summed E-state index contributed by atoms with van der Waals surface area (Å²) in [6, 6.07) is 13.6. The normalized spacial score (nSPS) is 22.3. The van der Waals surface area contributed by atoms with Gasteiger partial charge in [0, 0.05) is 68.7 Å². The van der Waals surface area contributed by atoms with Crippen LogP contribution in [0, 0.1) is 11.8 Å². The lowest BCUT2D eigenvalue weighted by atomic mass is 9.88. The Bertz CT molecular complexity index is 1230. The fraction of sp³-hybridized carbons (Fsp3) is 0.467. The van der Waals surface area contributed by atoms with Crippen molar-refractivity contribution in [3.05, 3.63) is 70.3 Å². The highest BCUT2D eigenvalue weighted by Crippen LogP contribution is 2.32. The van der Waals surface area contributed by atoms with Gasteiger partial charge in [-0.15, -0.1) is 0 Å². The van der Waals surface area contributed by atoms with Crippen molar-refractivity contribution >= 4 is 23.5 Å². The van der Waals surface area contributed by atoms with E-state index in [4.69, 9.17) is 0 Å². The minimum absolute atomic E-state index is 0.107. The monoisotopic (exact) mass is 516 g/mol. The Morgan fingerprint density at radius 1 is 0.974 bits per heavy atom. The van der Waals surface area contributed by atoms with Crippen LogP contribution < -0.4 is 10.6 Å². The van der Waals surface area contributed by atoms with Gasteiger partial charge >= 0.3 is 0 Å². The van der Waals surface area contributed by atoms with Crippen molar-refractivity contribution in [2.75, 3.05) is 33.2 Å². The van der Waals surface area contributed by atoms with Crippen LogP contribution >= 0.6 is 0 Å². The molecule has 2 aliphatic heterocycles. The molecule has 38 heavy (non-hydrogen) atoms. The molecule has 3 aliphatic rings. The molecule has 0 radical (unpaired) electrons. The number of rotatable bonds is 8. The average Bonchev–Trinajstić information content (AvgIpc) is 3.23. The number of benzene rings is 2. The number of likely N-dealkylation sites (N-methyl/N-ethyl adjacent to an activating group) is 1. The Hall–Kier alpha value is -3.36. The molecule has 2 aromatic rings. The highest BCUT2D eigenvalue weighted by Gasteiger charge is 2.33. The van der Waals surface area contributed by atoms with Crippen molar-refractivity contribution in [1.29, 1.82) is 0 Å². The molecule has 200 valence electrons. The summed E-state index contributed by atoms with van der Waals surface area (Å²) in [5, 5.41) is 5.42. The molecule has 1 aliphatic carbocycles. The van der Waals surface area contributed by atoms with Crippen LogP contribution in [0.3, 0.4) is 0 Å². The molecular weight excluding hydrogens is 480 g/mol. The van der Waals surface area contributed by atoms with E-state index in [1.807, 2.05) is 36.4 Å². The fourth-order valence-electron chi connectivity index (χ4n) is 5.75. The van der Waals surface area contributed by atoms with Crippen LogP contribution in [0.1, 0.15) is 63.1 Å². The van der Waals surface area contributed by atoms with E-state index in [-0.39, 0.29) is 35.3 Å². The maximum Gasteiger partial charge on any atom is 0.251 e. The number of carbonyl (C=O) groups is 4. The third-order valence-electron chi connectivity index (χ3n) is 8.13. The van der Waals surface area contributed by atoms with Crippen LogP contribution in [0.2, 0.25) is 0 Å². The van der Waals surface area contributed by atoms with Crippen molar-refractivity contribution in [1.82, 2.24) is 20.4 Å². The zero-order chi connectivity index (χ0) is 26.6. The van der Waals surface area contributed by atoms with Gasteiger partial charge < -0.3 is 10.2 Å². The highest BCUT2D eigenvalue weighted by atomic mass is 16.2. The lowest BCUT2D eigenvalue weighted by molar-refractivity contribution is -0.136. The average molecular weight is 517 g/mol. The second-order valence-electron chi connectivity index (χ2n) is 10.9. The molecule has 8 heteroatoms. The van der Waals surface area contributed by atoms with Crippen LogP contribution in [0.4, 0.5) is 0 Å².